The number of esters is 1. The van der Waals surface area contributed by atoms with Gasteiger partial charge in [-0.25, -0.2) is 4.79 Å². The van der Waals surface area contributed by atoms with Gasteiger partial charge in [-0.15, -0.1) is 0 Å². The lowest BCUT2D eigenvalue weighted by Crippen LogP contribution is -2.30. The van der Waals surface area contributed by atoms with Crippen molar-refractivity contribution in [3.05, 3.63) is 39.5 Å². The fraction of sp³-hybridized carbons (Fsp3) is 0.412. The molecule has 26 heavy (non-hydrogen) atoms. The Bertz CT molecular complexity index is 849. The van der Waals surface area contributed by atoms with Crippen molar-refractivity contribution in [2.24, 2.45) is 0 Å². The average Bonchev–Trinajstić information content (AvgIpc) is 3.08. The van der Waals surface area contributed by atoms with Crippen LogP contribution in [0.3, 0.4) is 0 Å². The quantitative estimate of drug-likeness (QED) is 0.565. The van der Waals surface area contributed by atoms with Crippen LogP contribution in [0.25, 0.3) is 0 Å². The van der Waals surface area contributed by atoms with E-state index in [0.29, 0.717) is 29.6 Å². The summed E-state index contributed by atoms with van der Waals surface area (Å²) < 4.78 is 13.4. The Labute approximate surface area is 159 Å². The number of aromatic nitrogens is 4. The lowest BCUT2D eigenvalue weighted by atomic mass is 9.95. The number of benzene rings is 1. The van der Waals surface area contributed by atoms with Crippen molar-refractivity contribution < 1.29 is 14.3 Å². The second-order valence-electron chi connectivity index (χ2n) is 5.89. The van der Waals surface area contributed by atoms with Gasteiger partial charge in [0.25, 0.3) is 0 Å². The van der Waals surface area contributed by atoms with Crippen LogP contribution in [0.2, 0.25) is 0 Å². The number of fused-ring (bicyclic) bond motifs is 1. The third-order valence-corrected chi connectivity index (χ3v) is 4.64. The summed E-state index contributed by atoms with van der Waals surface area (Å²) in [6.07, 6.45) is 1.76. The van der Waals surface area contributed by atoms with Crippen LogP contribution in [0, 0.1) is 0 Å². The van der Waals surface area contributed by atoms with Crippen LogP contribution in [0.15, 0.2) is 33.9 Å². The highest BCUT2D eigenvalue weighted by atomic mass is 79.9. The molecule has 8 nitrogen and oxygen atoms in total. The number of ether oxygens (including phenoxy) is 2. The maximum atomic E-state index is 12.8. The Balaban J connectivity index is 2.09. The summed E-state index contributed by atoms with van der Waals surface area (Å²) in [5.41, 5.74) is 1.87. The molecule has 9 heteroatoms. The number of hydrogen-bond donors (Lipinski definition) is 1. The molecule has 0 saturated carbocycles. The van der Waals surface area contributed by atoms with Crippen molar-refractivity contribution in [3.63, 3.8) is 0 Å². The number of tetrazole rings is 1. The number of unbranched alkanes of at least 4 members (excludes halogenated alkanes) is 1. The smallest absolute Gasteiger partial charge is 0.338 e. The largest absolute Gasteiger partial charge is 0.496 e. The van der Waals surface area contributed by atoms with Crippen LogP contribution >= 0.6 is 15.9 Å². The highest BCUT2D eigenvalue weighted by Gasteiger charge is 2.36. The molecule has 1 aliphatic rings. The van der Waals surface area contributed by atoms with Gasteiger partial charge in [0.05, 0.1) is 19.3 Å². The molecule has 0 aliphatic carbocycles. The van der Waals surface area contributed by atoms with Gasteiger partial charge in [0.15, 0.2) is 0 Å². The fourth-order valence-electron chi connectivity index (χ4n) is 2.87. The number of allylic oxidation sites excluding steroid dienone is 1. The molecule has 1 aromatic carbocycles. The van der Waals surface area contributed by atoms with Gasteiger partial charge in [-0.3, -0.25) is 0 Å². The van der Waals surface area contributed by atoms with Crippen LogP contribution in [0.4, 0.5) is 5.95 Å². The predicted octanol–water partition coefficient (Wildman–Crippen LogP) is 3.08. The van der Waals surface area contributed by atoms with Gasteiger partial charge in [-0.2, -0.15) is 4.68 Å². The Morgan fingerprint density at radius 2 is 2.23 bits per heavy atom. The maximum Gasteiger partial charge on any atom is 0.338 e. The van der Waals surface area contributed by atoms with E-state index in [9.17, 15) is 4.79 Å². The number of hydrogen-bond acceptors (Lipinski definition) is 7. The minimum Gasteiger partial charge on any atom is -0.496 e. The van der Waals surface area contributed by atoms with E-state index in [1.165, 1.54) is 0 Å². The SMILES string of the molecule is CCCCOC(=O)C1=C(C)Nc2nnnn2[C@@H]1c1cc(Br)ccc1OC. The van der Waals surface area contributed by atoms with Crippen molar-refractivity contribution in [3.8, 4) is 5.75 Å². The Kier molecular flexibility index (Phi) is 5.55. The van der Waals surface area contributed by atoms with Crippen LogP contribution in [0.5, 0.6) is 5.75 Å². The minimum absolute atomic E-state index is 0.372. The van der Waals surface area contributed by atoms with E-state index in [-0.39, 0.29) is 0 Å². The molecule has 1 atom stereocenters. The summed E-state index contributed by atoms with van der Waals surface area (Å²) in [5.74, 6) is 0.699. The van der Waals surface area contributed by atoms with Gasteiger partial charge in [0, 0.05) is 15.7 Å². The number of rotatable bonds is 6. The highest BCUT2D eigenvalue weighted by molar-refractivity contribution is 9.10. The van der Waals surface area contributed by atoms with Crippen molar-refractivity contribution in [2.45, 2.75) is 32.7 Å². The molecule has 0 saturated heterocycles. The zero-order chi connectivity index (χ0) is 18.7. The van der Waals surface area contributed by atoms with E-state index in [0.717, 1.165) is 22.9 Å². The van der Waals surface area contributed by atoms with Gasteiger partial charge in [-0.05, 0) is 42.0 Å². The molecule has 1 aliphatic heterocycles. The monoisotopic (exact) mass is 421 g/mol. The second kappa shape index (κ2) is 7.86. The van der Waals surface area contributed by atoms with Crippen molar-refractivity contribution in [1.82, 2.24) is 20.2 Å². The molecule has 0 bridgehead atoms. The fourth-order valence-corrected chi connectivity index (χ4v) is 3.25. The summed E-state index contributed by atoms with van der Waals surface area (Å²) in [7, 11) is 1.59. The predicted molar refractivity (Wildman–Crippen MR) is 98.8 cm³/mol. The standard InChI is InChI=1S/C17H20BrN5O3/c1-4-5-8-26-16(24)14-10(2)19-17-20-21-22-23(17)15(14)12-9-11(18)6-7-13(12)25-3/h6-7,9,15H,4-5,8H2,1-3H3,(H,19,20,22)/t15-/m1/s1. The van der Waals surface area contributed by atoms with Crippen molar-refractivity contribution in [1.29, 1.82) is 0 Å². The Morgan fingerprint density at radius 3 is 2.96 bits per heavy atom. The number of methoxy groups -OCH3 is 1. The van der Waals surface area contributed by atoms with E-state index >= 15 is 0 Å². The van der Waals surface area contributed by atoms with Gasteiger partial charge in [0.2, 0.25) is 5.95 Å². The molecule has 2 heterocycles. The van der Waals surface area contributed by atoms with Crippen molar-refractivity contribution >= 4 is 27.8 Å². The van der Waals surface area contributed by atoms with E-state index in [4.69, 9.17) is 9.47 Å². The first-order valence-corrected chi connectivity index (χ1v) is 9.12. The van der Waals surface area contributed by atoms with Crippen LogP contribution in [-0.4, -0.2) is 39.9 Å². The lowest BCUT2D eigenvalue weighted by Gasteiger charge is -2.28. The molecule has 1 N–H and O–H groups in total. The normalized spacial score (nSPS) is 16.1. The zero-order valence-corrected chi connectivity index (χ0v) is 16.4. The number of halogens is 1. The number of carbonyl (C=O) groups excluding carboxylic acids is 1. The number of carbonyl (C=O) groups is 1. The van der Waals surface area contributed by atoms with Gasteiger partial charge >= 0.3 is 5.97 Å². The van der Waals surface area contributed by atoms with Gasteiger partial charge in [-0.1, -0.05) is 34.4 Å². The topological polar surface area (TPSA) is 91.2 Å². The first-order chi connectivity index (χ1) is 12.6. The summed E-state index contributed by atoms with van der Waals surface area (Å²) in [4.78, 5) is 12.8. The first kappa shape index (κ1) is 18.4. The Hall–Kier alpha value is -2.42. The summed E-state index contributed by atoms with van der Waals surface area (Å²) in [6, 6.07) is 5.05. The van der Waals surface area contributed by atoms with E-state index in [1.54, 1.807) is 11.8 Å². The molecule has 2 aromatic rings. The van der Waals surface area contributed by atoms with Crippen LogP contribution < -0.4 is 10.1 Å². The first-order valence-electron chi connectivity index (χ1n) is 8.33. The summed E-state index contributed by atoms with van der Waals surface area (Å²) in [6.45, 7) is 4.23. The molecule has 0 radical (unpaired) electrons. The number of nitrogens with one attached hydrogen (secondary N) is 1. The summed E-state index contributed by atoms with van der Waals surface area (Å²) >= 11 is 3.48. The summed E-state index contributed by atoms with van der Waals surface area (Å²) in [5, 5.41) is 14.8. The molecular weight excluding hydrogens is 402 g/mol. The Morgan fingerprint density at radius 1 is 1.42 bits per heavy atom. The average molecular weight is 422 g/mol. The minimum atomic E-state index is -0.553. The molecule has 0 spiro atoms. The molecule has 0 fully saturated rings. The van der Waals surface area contributed by atoms with Gasteiger partial charge < -0.3 is 14.8 Å². The maximum absolute atomic E-state index is 12.8. The van der Waals surface area contributed by atoms with E-state index < -0.39 is 12.0 Å². The number of anilines is 1. The van der Waals surface area contributed by atoms with Crippen LogP contribution in [0.1, 0.15) is 38.3 Å². The molecule has 0 unspecified atom stereocenters. The molecule has 1 aromatic heterocycles. The third-order valence-electron chi connectivity index (χ3n) is 4.15. The molecule has 138 valence electrons. The van der Waals surface area contributed by atoms with E-state index in [2.05, 4.69) is 36.8 Å². The molecular formula is C17H20BrN5O3. The lowest BCUT2D eigenvalue weighted by molar-refractivity contribution is -0.139. The van der Waals surface area contributed by atoms with Gasteiger partial charge in [0.1, 0.15) is 11.8 Å². The molecule has 3 rings (SSSR count). The third kappa shape index (κ3) is 3.44. The molecule has 0 amide bonds. The zero-order valence-electron chi connectivity index (χ0n) is 14.8. The highest BCUT2D eigenvalue weighted by Crippen LogP contribution is 2.40. The number of nitrogens with zero attached hydrogens (tertiary/aromatic N) is 4. The van der Waals surface area contributed by atoms with Crippen molar-refractivity contribution in [2.75, 3.05) is 19.0 Å². The van der Waals surface area contributed by atoms with E-state index in [1.807, 2.05) is 32.0 Å². The second-order valence-corrected chi connectivity index (χ2v) is 6.80. The van der Waals surface area contributed by atoms with Crippen LogP contribution in [-0.2, 0) is 9.53 Å².